The van der Waals surface area contributed by atoms with E-state index in [2.05, 4.69) is 25.9 Å². The average Bonchev–Trinajstić information content (AvgIpc) is 3.44. The molecule has 12 heteroatoms. The standard InChI is InChI=1S/C25H27F3N6O3/c26-25(27,28)20-19(14-34(32-20)18-4-2-1-3-5-18)23(36)30-13-12-29-22(35)16-8-10-17(11-9-16)24-31-21(33-37-24)15-6-7-15/h1-5,14-17H,6-13H2,(H,29,35)(H,30,36). The Labute approximate surface area is 210 Å². The van der Waals surface area contributed by atoms with Gasteiger partial charge >= 0.3 is 6.18 Å². The third-order valence-corrected chi connectivity index (χ3v) is 6.81. The number of hydrogen-bond donors (Lipinski definition) is 2. The van der Waals surface area contributed by atoms with Crippen LogP contribution < -0.4 is 10.6 Å². The highest BCUT2D eigenvalue weighted by molar-refractivity contribution is 5.95. The third-order valence-electron chi connectivity index (χ3n) is 6.81. The van der Waals surface area contributed by atoms with Gasteiger partial charge < -0.3 is 15.2 Å². The number of para-hydroxylation sites is 1. The van der Waals surface area contributed by atoms with Crippen molar-refractivity contribution < 1.29 is 27.3 Å². The van der Waals surface area contributed by atoms with Crippen molar-refractivity contribution in [1.82, 2.24) is 30.6 Å². The zero-order valence-corrected chi connectivity index (χ0v) is 20.0. The van der Waals surface area contributed by atoms with Crippen LogP contribution in [0.3, 0.4) is 0 Å². The van der Waals surface area contributed by atoms with Gasteiger partial charge in [0.05, 0.1) is 11.3 Å². The number of halogens is 3. The second kappa shape index (κ2) is 10.3. The van der Waals surface area contributed by atoms with Crippen LogP contribution in [0.5, 0.6) is 0 Å². The molecule has 2 aliphatic carbocycles. The Kier molecular flexibility index (Phi) is 6.98. The predicted octanol–water partition coefficient (Wildman–Crippen LogP) is 3.97. The van der Waals surface area contributed by atoms with Crippen LogP contribution in [0.4, 0.5) is 13.2 Å². The van der Waals surface area contributed by atoms with E-state index in [-0.39, 0.29) is 30.8 Å². The van der Waals surface area contributed by atoms with Gasteiger partial charge in [-0.1, -0.05) is 23.4 Å². The van der Waals surface area contributed by atoms with Crippen molar-refractivity contribution in [3.05, 3.63) is 59.5 Å². The lowest BCUT2D eigenvalue weighted by atomic mass is 9.81. The van der Waals surface area contributed by atoms with E-state index in [4.69, 9.17) is 4.52 Å². The lowest BCUT2D eigenvalue weighted by Gasteiger charge is -2.25. The van der Waals surface area contributed by atoms with Crippen LogP contribution in [0, 0.1) is 5.92 Å². The first kappa shape index (κ1) is 25.0. The van der Waals surface area contributed by atoms with Crippen molar-refractivity contribution in [3.63, 3.8) is 0 Å². The van der Waals surface area contributed by atoms with Gasteiger partial charge in [0.15, 0.2) is 11.5 Å². The largest absolute Gasteiger partial charge is 0.435 e. The average molecular weight is 517 g/mol. The van der Waals surface area contributed by atoms with Crippen molar-refractivity contribution in [2.45, 2.75) is 56.5 Å². The Morgan fingerprint density at radius 1 is 0.973 bits per heavy atom. The maximum Gasteiger partial charge on any atom is 0.435 e. The monoisotopic (exact) mass is 516 g/mol. The number of carbonyl (C=O) groups is 2. The number of hydrogen-bond acceptors (Lipinski definition) is 6. The summed E-state index contributed by atoms with van der Waals surface area (Å²) >= 11 is 0. The highest BCUT2D eigenvalue weighted by Crippen LogP contribution is 2.40. The van der Waals surface area contributed by atoms with E-state index in [1.807, 2.05) is 0 Å². The summed E-state index contributed by atoms with van der Waals surface area (Å²) in [6.07, 6.45) is 1.37. The van der Waals surface area contributed by atoms with Gasteiger partial charge in [-0.3, -0.25) is 9.59 Å². The lowest BCUT2D eigenvalue weighted by Crippen LogP contribution is -2.38. The fraction of sp³-hybridized carbons (Fsp3) is 0.480. The molecule has 0 bridgehead atoms. The molecule has 2 aromatic heterocycles. The second-order valence-corrected chi connectivity index (χ2v) is 9.53. The molecule has 2 heterocycles. The van der Waals surface area contributed by atoms with Gasteiger partial charge in [-0.25, -0.2) is 4.68 Å². The second-order valence-electron chi connectivity index (χ2n) is 9.53. The molecule has 0 aliphatic heterocycles. The molecule has 2 saturated carbocycles. The van der Waals surface area contributed by atoms with Crippen molar-refractivity contribution in [3.8, 4) is 5.69 Å². The molecule has 9 nitrogen and oxygen atoms in total. The van der Waals surface area contributed by atoms with Gasteiger partial charge in [0.2, 0.25) is 11.8 Å². The zero-order valence-electron chi connectivity index (χ0n) is 20.0. The molecule has 0 atom stereocenters. The Bertz CT molecular complexity index is 1240. The Balaban J connectivity index is 1.09. The maximum absolute atomic E-state index is 13.5. The van der Waals surface area contributed by atoms with Crippen molar-refractivity contribution in [2.75, 3.05) is 13.1 Å². The number of alkyl halides is 3. The number of carbonyl (C=O) groups excluding carboxylic acids is 2. The number of amides is 2. The summed E-state index contributed by atoms with van der Waals surface area (Å²) < 4.78 is 46.9. The summed E-state index contributed by atoms with van der Waals surface area (Å²) in [7, 11) is 0. The molecule has 0 unspecified atom stereocenters. The molecule has 2 N–H and O–H groups in total. The van der Waals surface area contributed by atoms with E-state index < -0.39 is 23.3 Å². The topological polar surface area (TPSA) is 115 Å². The van der Waals surface area contributed by atoms with Gasteiger partial charge in [-0.15, -0.1) is 0 Å². The first-order valence-corrected chi connectivity index (χ1v) is 12.4. The summed E-state index contributed by atoms with van der Waals surface area (Å²) in [6.45, 7) is 0.0900. The van der Waals surface area contributed by atoms with Crippen LogP contribution in [0.25, 0.3) is 5.69 Å². The fourth-order valence-electron chi connectivity index (χ4n) is 4.59. The van der Waals surface area contributed by atoms with E-state index >= 15 is 0 Å². The molecule has 0 spiro atoms. The highest BCUT2D eigenvalue weighted by atomic mass is 19.4. The molecule has 5 rings (SSSR count). The minimum Gasteiger partial charge on any atom is -0.354 e. The quantitative estimate of drug-likeness (QED) is 0.438. The van der Waals surface area contributed by atoms with E-state index in [1.165, 1.54) is 0 Å². The molecule has 196 valence electrons. The zero-order chi connectivity index (χ0) is 26.0. The molecule has 2 amide bonds. The SMILES string of the molecule is O=C(NCCNC(=O)C1CCC(c2nc(C3CC3)no2)CC1)c1cn(-c2ccccc2)nc1C(F)(F)F. The van der Waals surface area contributed by atoms with Crippen molar-refractivity contribution in [1.29, 1.82) is 0 Å². The first-order valence-electron chi connectivity index (χ1n) is 12.4. The van der Waals surface area contributed by atoms with Gasteiger partial charge in [-0.2, -0.15) is 23.3 Å². The van der Waals surface area contributed by atoms with Crippen molar-refractivity contribution in [2.24, 2.45) is 5.92 Å². The van der Waals surface area contributed by atoms with Gasteiger partial charge in [0.25, 0.3) is 5.91 Å². The smallest absolute Gasteiger partial charge is 0.354 e. The van der Waals surface area contributed by atoms with Crippen LogP contribution in [0.2, 0.25) is 0 Å². The van der Waals surface area contributed by atoms with Crippen LogP contribution in [0.1, 0.15) is 78.1 Å². The number of nitrogens with zero attached hydrogens (tertiary/aromatic N) is 4. The molecule has 2 fully saturated rings. The number of rotatable bonds is 8. The lowest BCUT2D eigenvalue weighted by molar-refractivity contribution is -0.141. The molecule has 1 aromatic carbocycles. The molecular formula is C25H27F3N6O3. The van der Waals surface area contributed by atoms with E-state index in [9.17, 15) is 22.8 Å². The molecule has 3 aromatic rings. The van der Waals surface area contributed by atoms with Crippen LogP contribution in [0.15, 0.2) is 41.1 Å². The minimum atomic E-state index is -4.79. The van der Waals surface area contributed by atoms with Gasteiger partial charge in [-0.05, 0) is 50.7 Å². The van der Waals surface area contributed by atoms with Crippen molar-refractivity contribution >= 4 is 11.8 Å². The number of benzene rings is 1. The molecular weight excluding hydrogens is 489 g/mol. The van der Waals surface area contributed by atoms with Gasteiger partial charge in [0.1, 0.15) is 0 Å². The Morgan fingerprint density at radius 2 is 1.65 bits per heavy atom. The maximum atomic E-state index is 13.5. The molecule has 0 radical (unpaired) electrons. The predicted molar refractivity (Wildman–Crippen MR) is 125 cm³/mol. The Morgan fingerprint density at radius 3 is 2.32 bits per heavy atom. The summed E-state index contributed by atoms with van der Waals surface area (Å²) in [6, 6.07) is 8.23. The summed E-state index contributed by atoms with van der Waals surface area (Å²) in [5.74, 6) is 0.810. The normalized spacial score (nSPS) is 20.0. The van der Waals surface area contributed by atoms with E-state index in [1.54, 1.807) is 30.3 Å². The number of nitrogens with one attached hydrogen (secondary N) is 2. The summed E-state index contributed by atoms with van der Waals surface area (Å²) in [5, 5.41) is 12.9. The summed E-state index contributed by atoms with van der Waals surface area (Å²) in [4.78, 5) is 29.6. The minimum absolute atomic E-state index is 0.0142. The first-order chi connectivity index (χ1) is 17.8. The number of aromatic nitrogens is 4. The van der Waals surface area contributed by atoms with Crippen LogP contribution >= 0.6 is 0 Å². The van der Waals surface area contributed by atoms with E-state index in [0.29, 0.717) is 30.3 Å². The Hall–Kier alpha value is -3.70. The van der Waals surface area contributed by atoms with Crippen LogP contribution in [-0.4, -0.2) is 44.8 Å². The van der Waals surface area contributed by atoms with Gasteiger partial charge in [0, 0.05) is 37.0 Å². The summed E-state index contributed by atoms with van der Waals surface area (Å²) in [5.41, 5.74) is -1.44. The molecule has 0 saturated heterocycles. The molecule has 37 heavy (non-hydrogen) atoms. The van der Waals surface area contributed by atoms with Crippen LogP contribution in [-0.2, 0) is 11.0 Å². The fourth-order valence-corrected chi connectivity index (χ4v) is 4.59. The highest BCUT2D eigenvalue weighted by Gasteiger charge is 2.39. The molecule has 2 aliphatic rings. The third kappa shape index (κ3) is 5.83. The van der Waals surface area contributed by atoms with E-state index in [0.717, 1.165) is 42.4 Å².